The predicted octanol–water partition coefficient (Wildman–Crippen LogP) is 2.45. The third-order valence-electron chi connectivity index (χ3n) is 5.65. The SMILES string of the molecule is C=C1CCCN(c2cc3nc[nH]c(=O)c3c(Nc3ccc(N4CCOCC4)nc3)n2)C1. The summed E-state index contributed by atoms with van der Waals surface area (Å²) in [5, 5.41) is 3.71. The van der Waals surface area contributed by atoms with Crippen molar-refractivity contribution >= 4 is 34.0 Å². The summed E-state index contributed by atoms with van der Waals surface area (Å²) < 4.78 is 5.41. The summed E-state index contributed by atoms with van der Waals surface area (Å²) in [6.07, 6.45) is 5.26. The molecule has 0 aliphatic carbocycles. The van der Waals surface area contributed by atoms with Crippen LogP contribution in [0.25, 0.3) is 10.9 Å². The molecule has 0 saturated carbocycles. The summed E-state index contributed by atoms with van der Waals surface area (Å²) in [5.74, 6) is 2.16. The molecule has 2 fully saturated rings. The molecule has 160 valence electrons. The first kappa shape index (κ1) is 19.5. The van der Waals surface area contributed by atoms with Crippen molar-refractivity contribution in [1.29, 1.82) is 0 Å². The Morgan fingerprint density at radius 3 is 2.74 bits per heavy atom. The fourth-order valence-electron chi connectivity index (χ4n) is 4.05. The van der Waals surface area contributed by atoms with Gasteiger partial charge in [0.2, 0.25) is 0 Å². The van der Waals surface area contributed by atoms with Gasteiger partial charge in [-0.05, 0) is 25.0 Å². The van der Waals surface area contributed by atoms with Crippen LogP contribution in [0.15, 0.2) is 47.7 Å². The van der Waals surface area contributed by atoms with E-state index in [2.05, 4.69) is 36.6 Å². The Labute approximate surface area is 179 Å². The number of nitrogens with zero attached hydrogens (tertiary/aromatic N) is 5. The number of aromatic nitrogens is 4. The predicted molar refractivity (Wildman–Crippen MR) is 121 cm³/mol. The van der Waals surface area contributed by atoms with Crippen molar-refractivity contribution in [1.82, 2.24) is 19.9 Å². The number of pyridine rings is 2. The molecule has 2 N–H and O–H groups in total. The molecule has 0 radical (unpaired) electrons. The Kier molecular flexibility index (Phi) is 5.25. The second-order valence-electron chi connectivity index (χ2n) is 7.86. The zero-order valence-electron chi connectivity index (χ0n) is 17.3. The van der Waals surface area contributed by atoms with E-state index in [9.17, 15) is 4.79 Å². The van der Waals surface area contributed by atoms with Crippen LogP contribution in [-0.4, -0.2) is 59.3 Å². The molecule has 3 aromatic heterocycles. The van der Waals surface area contributed by atoms with Gasteiger partial charge in [0.1, 0.15) is 22.8 Å². The number of rotatable bonds is 4. The normalized spacial score (nSPS) is 17.2. The first-order valence-electron chi connectivity index (χ1n) is 10.5. The lowest BCUT2D eigenvalue weighted by atomic mass is 10.1. The standard InChI is InChI=1S/C22H25N7O2/c1-15-3-2-6-29(13-15)19-11-17-20(22(30)25-14-24-17)21(27-19)26-16-4-5-18(23-12-16)28-7-9-31-10-8-28/h4-5,11-12,14H,1-3,6-10,13H2,(H,26,27)(H,24,25,30). The Bertz CT molecular complexity index is 1150. The second-order valence-corrected chi connectivity index (χ2v) is 7.86. The average molecular weight is 419 g/mol. The monoisotopic (exact) mass is 419 g/mol. The number of anilines is 4. The van der Waals surface area contributed by atoms with Crippen molar-refractivity contribution in [2.45, 2.75) is 12.8 Å². The zero-order valence-corrected chi connectivity index (χ0v) is 17.3. The maximum atomic E-state index is 12.6. The number of morpholine rings is 1. The summed E-state index contributed by atoms with van der Waals surface area (Å²) in [6.45, 7) is 8.87. The van der Waals surface area contributed by atoms with Crippen LogP contribution in [0.4, 0.5) is 23.1 Å². The van der Waals surface area contributed by atoms with Gasteiger partial charge in [-0.2, -0.15) is 0 Å². The summed E-state index contributed by atoms with van der Waals surface area (Å²) in [4.78, 5) is 33.3. The average Bonchev–Trinajstić information content (AvgIpc) is 2.80. The summed E-state index contributed by atoms with van der Waals surface area (Å²) in [6, 6.07) is 5.79. The Morgan fingerprint density at radius 2 is 1.97 bits per heavy atom. The summed E-state index contributed by atoms with van der Waals surface area (Å²) >= 11 is 0. The van der Waals surface area contributed by atoms with Crippen LogP contribution in [0.1, 0.15) is 12.8 Å². The molecule has 2 saturated heterocycles. The van der Waals surface area contributed by atoms with Gasteiger partial charge >= 0.3 is 0 Å². The van der Waals surface area contributed by atoms with E-state index in [1.807, 2.05) is 18.2 Å². The highest BCUT2D eigenvalue weighted by Gasteiger charge is 2.19. The molecule has 5 rings (SSSR count). The third kappa shape index (κ3) is 4.09. The van der Waals surface area contributed by atoms with Gasteiger partial charge in [0.05, 0.1) is 36.9 Å². The molecule has 0 amide bonds. The minimum absolute atomic E-state index is 0.229. The van der Waals surface area contributed by atoms with Crippen LogP contribution in [0.2, 0.25) is 0 Å². The maximum absolute atomic E-state index is 12.6. The maximum Gasteiger partial charge on any atom is 0.262 e. The molecule has 0 aromatic carbocycles. The lowest BCUT2D eigenvalue weighted by molar-refractivity contribution is 0.122. The van der Waals surface area contributed by atoms with E-state index in [1.165, 1.54) is 11.9 Å². The minimum atomic E-state index is -0.229. The third-order valence-corrected chi connectivity index (χ3v) is 5.65. The Balaban J connectivity index is 1.48. The number of fused-ring (bicyclic) bond motifs is 1. The molecule has 0 bridgehead atoms. The second kappa shape index (κ2) is 8.35. The van der Waals surface area contributed by atoms with Gasteiger partial charge in [-0.25, -0.2) is 15.0 Å². The molecule has 9 nitrogen and oxygen atoms in total. The number of hydrogen-bond acceptors (Lipinski definition) is 8. The molecule has 0 spiro atoms. The van der Waals surface area contributed by atoms with E-state index in [4.69, 9.17) is 9.72 Å². The number of H-pyrrole nitrogens is 1. The molecule has 3 aromatic rings. The van der Waals surface area contributed by atoms with E-state index in [0.29, 0.717) is 29.9 Å². The number of aromatic amines is 1. The molecule has 0 atom stereocenters. The highest BCUT2D eigenvalue weighted by Crippen LogP contribution is 2.28. The molecule has 0 unspecified atom stereocenters. The van der Waals surface area contributed by atoms with E-state index >= 15 is 0 Å². The van der Waals surface area contributed by atoms with Crippen LogP contribution >= 0.6 is 0 Å². The van der Waals surface area contributed by atoms with Gasteiger partial charge in [0, 0.05) is 32.2 Å². The van der Waals surface area contributed by atoms with Crippen LogP contribution in [-0.2, 0) is 4.74 Å². The largest absolute Gasteiger partial charge is 0.378 e. The molecule has 2 aliphatic rings. The molecular formula is C22H25N7O2. The minimum Gasteiger partial charge on any atom is -0.378 e. The first-order chi connectivity index (χ1) is 15.2. The highest BCUT2D eigenvalue weighted by molar-refractivity contribution is 5.92. The molecule has 31 heavy (non-hydrogen) atoms. The Morgan fingerprint density at radius 1 is 1.10 bits per heavy atom. The molecule has 9 heteroatoms. The van der Waals surface area contributed by atoms with Crippen LogP contribution in [0.5, 0.6) is 0 Å². The quantitative estimate of drug-likeness (QED) is 0.622. The lowest BCUT2D eigenvalue weighted by Crippen LogP contribution is -2.36. The van der Waals surface area contributed by atoms with Gasteiger partial charge in [-0.3, -0.25) is 4.79 Å². The van der Waals surface area contributed by atoms with E-state index < -0.39 is 0 Å². The Hall–Kier alpha value is -3.46. The highest BCUT2D eigenvalue weighted by atomic mass is 16.5. The van der Waals surface area contributed by atoms with Gasteiger partial charge in [-0.15, -0.1) is 0 Å². The van der Waals surface area contributed by atoms with Crippen molar-refractivity contribution in [3.05, 3.63) is 53.2 Å². The lowest BCUT2D eigenvalue weighted by Gasteiger charge is -2.29. The smallest absolute Gasteiger partial charge is 0.262 e. The van der Waals surface area contributed by atoms with Gasteiger partial charge in [0.15, 0.2) is 0 Å². The van der Waals surface area contributed by atoms with Gasteiger partial charge in [-0.1, -0.05) is 12.2 Å². The van der Waals surface area contributed by atoms with Crippen LogP contribution in [0, 0.1) is 0 Å². The van der Waals surface area contributed by atoms with Gasteiger partial charge < -0.3 is 24.8 Å². The summed E-state index contributed by atoms with van der Waals surface area (Å²) in [7, 11) is 0. The van der Waals surface area contributed by atoms with Crippen molar-refractivity contribution < 1.29 is 4.74 Å². The van der Waals surface area contributed by atoms with Crippen molar-refractivity contribution in [3.63, 3.8) is 0 Å². The fraction of sp³-hybridized carbons (Fsp3) is 0.364. The van der Waals surface area contributed by atoms with Crippen molar-refractivity contribution in [2.24, 2.45) is 0 Å². The number of hydrogen-bond donors (Lipinski definition) is 2. The number of nitrogens with one attached hydrogen (secondary N) is 2. The number of piperidine rings is 1. The van der Waals surface area contributed by atoms with E-state index in [1.54, 1.807) is 6.20 Å². The topological polar surface area (TPSA) is 99.3 Å². The van der Waals surface area contributed by atoms with Crippen LogP contribution < -0.4 is 20.7 Å². The molecule has 2 aliphatic heterocycles. The van der Waals surface area contributed by atoms with Crippen LogP contribution in [0.3, 0.4) is 0 Å². The van der Waals surface area contributed by atoms with E-state index in [0.717, 1.165) is 56.3 Å². The molecular weight excluding hydrogens is 394 g/mol. The zero-order chi connectivity index (χ0) is 21.2. The van der Waals surface area contributed by atoms with E-state index in [-0.39, 0.29) is 5.56 Å². The van der Waals surface area contributed by atoms with Gasteiger partial charge in [0.25, 0.3) is 5.56 Å². The van der Waals surface area contributed by atoms with Crippen molar-refractivity contribution in [3.8, 4) is 0 Å². The summed E-state index contributed by atoms with van der Waals surface area (Å²) in [5.41, 5.74) is 2.32. The van der Waals surface area contributed by atoms with Crippen molar-refractivity contribution in [2.75, 3.05) is 54.5 Å². The molecule has 5 heterocycles. The first-order valence-corrected chi connectivity index (χ1v) is 10.5. The number of ether oxygens (including phenoxy) is 1. The fourth-order valence-corrected chi connectivity index (χ4v) is 4.05.